The molecule has 0 aromatic carbocycles. The van der Waals surface area contributed by atoms with E-state index >= 15 is 0 Å². The van der Waals surface area contributed by atoms with Crippen molar-refractivity contribution < 1.29 is 4.79 Å². The lowest BCUT2D eigenvalue weighted by molar-refractivity contribution is -0.132. The van der Waals surface area contributed by atoms with E-state index in [9.17, 15) is 4.79 Å². The van der Waals surface area contributed by atoms with Gasteiger partial charge in [-0.25, -0.2) is 0 Å². The molecule has 0 N–H and O–H groups in total. The molecule has 1 aliphatic heterocycles. The van der Waals surface area contributed by atoms with E-state index in [1.807, 2.05) is 4.90 Å². The zero-order valence-corrected chi connectivity index (χ0v) is 11.9. The Balaban J connectivity index is 2.28. The van der Waals surface area contributed by atoms with Gasteiger partial charge in [0.2, 0.25) is 5.91 Å². The Kier molecular flexibility index (Phi) is 6.90. The zero-order chi connectivity index (χ0) is 12.7. The second kappa shape index (κ2) is 7.93. The van der Waals surface area contributed by atoms with Crippen LogP contribution in [-0.2, 0) is 4.79 Å². The van der Waals surface area contributed by atoms with Gasteiger partial charge in [-0.1, -0.05) is 13.8 Å². The maximum Gasteiger partial charge on any atom is 0.223 e. The number of likely N-dealkylation sites (tertiary alicyclic amines) is 1. The Bertz CT molecular complexity index is 223. The average Bonchev–Trinajstić information content (AvgIpc) is 2.37. The van der Waals surface area contributed by atoms with Crippen molar-refractivity contribution >= 4 is 17.5 Å². The fourth-order valence-corrected chi connectivity index (χ4v) is 2.61. The van der Waals surface area contributed by atoms with Crippen molar-refractivity contribution in [3.63, 3.8) is 0 Å². The molecule has 0 spiro atoms. The van der Waals surface area contributed by atoms with E-state index in [0.29, 0.717) is 12.3 Å². The molecule has 0 atom stereocenters. The molecule has 0 unspecified atom stereocenters. The van der Waals surface area contributed by atoms with E-state index in [2.05, 4.69) is 18.7 Å². The van der Waals surface area contributed by atoms with Gasteiger partial charge in [-0.05, 0) is 31.8 Å². The van der Waals surface area contributed by atoms with Crippen molar-refractivity contribution in [3.05, 3.63) is 0 Å². The molecule has 0 saturated carbocycles. The van der Waals surface area contributed by atoms with Gasteiger partial charge in [-0.15, -0.1) is 11.6 Å². The van der Waals surface area contributed by atoms with Crippen LogP contribution in [0.25, 0.3) is 0 Å². The van der Waals surface area contributed by atoms with Gasteiger partial charge in [-0.3, -0.25) is 4.79 Å². The van der Waals surface area contributed by atoms with Gasteiger partial charge in [0.25, 0.3) is 0 Å². The van der Waals surface area contributed by atoms with Crippen LogP contribution in [0.2, 0.25) is 0 Å². The summed E-state index contributed by atoms with van der Waals surface area (Å²) in [6.07, 6.45) is 2.78. The summed E-state index contributed by atoms with van der Waals surface area (Å²) >= 11 is 5.60. The molecule has 100 valence electrons. The molecule has 0 aromatic rings. The standard InChI is InChI=1S/C13H25ClN2O/c1-3-15(4-2)11-12-6-9-16(10-7-12)13(17)5-8-14/h12H,3-11H2,1-2H3. The smallest absolute Gasteiger partial charge is 0.223 e. The Hall–Kier alpha value is -0.280. The first-order valence-electron chi connectivity index (χ1n) is 6.77. The number of carbonyl (C=O) groups excluding carboxylic acids is 1. The molecular weight excluding hydrogens is 236 g/mol. The second-order valence-corrected chi connectivity index (χ2v) is 5.13. The topological polar surface area (TPSA) is 23.6 Å². The fourth-order valence-electron chi connectivity index (χ4n) is 2.45. The maximum absolute atomic E-state index is 11.7. The normalized spacial score (nSPS) is 17.8. The molecule has 1 aliphatic rings. The molecule has 4 heteroatoms. The predicted octanol–water partition coefficient (Wildman–Crippen LogP) is 2.20. The Morgan fingerprint density at radius 1 is 1.29 bits per heavy atom. The van der Waals surface area contributed by atoms with Gasteiger partial charge in [0.1, 0.15) is 0 Å². The number of carbonyl (C=O) groups is 1. The predicted molar refractivity (Wildman–Crippen MR) is 72.4 cm³/mol. The van der Waals surface area contributed by atoms with E-state index in [0.717, 1.165) is 44.9 Å². The molecule has 1 heterocycles. The van der Waals surface area contributed by atoms with Gasteiger partial charge in [-0.2, -0.15) is 0 Å². The third kappa shape index (κ3) is 4.84. The van der Waals surface area contributed by atoms with Crippen molar-refractivity contribution in [2.24, 2.45) is 5.92 Å². The number of hydrogen-bond donors (Lipinski definition) is 0. The molecule has 1 rings (SSSR count). The summed E-state index contributed by atoms with van der Waals surface area (Å²) < 4.78 is 0. The Labute approximate surface area is 110 Å². The highest BCUT2D eigenvalue weighted by Gasteiger charge is 2.23. The summed E-state index contributed by atoms with van der Waals surface area (Å²) in [5.41, 5.74) is 0. The molecule has 0 aromatic heterocycles. The lowest BCUT2D eigenvalue weighted by Gasteiger charge is -2.34. The van der Waals surface area contributed by atoms with Crippen LogP contribution in [0.5, 0.6) is 0 Å². The van der Waals surface area contributed by atoms with Gasteiger partial charge >= 0.3 is 0 Å². The van der Waals surface area contributed by atoms with E-state index in [4.69, 9.17) is 11.6 Å². The van der Waals surface area contributed by atoms with Crippen molar-refractivity contribution in [3.8, 4) is 0 Å². The number of amides is 1. The van der Waals surface area contributed by atoms with E-state index in [1.54, 1.807) is 0 Å². The second-order valence-electron chi connectivity index (χ2n) is 4.75. The monoisotopic (exact) mass is 260 g/mol. The molecule has 0 aliphatic carbocycles. The highest BCUT2D eigenvalue weighted by atomic mass is 35.5. The Morgan fingerprint density at radius 3 is 2.35 bits per heavy atom. The van der Waals surface area contributed by atoms with Gasteiger partial charge in [0, 0.05) is 31.9 Å². The quantitative estimate of drug-likeness (QED) is 0.684. The van der Waals surface area contributed by atoms with Crippen LogP contribution in [0, 0.1) is 5.92 Å². The number of piperidine rings is 1. The Morgan fingerprint density at radius 2 is 1.88 bits per heavy atom. The average molecular weight is 261 g/mol. The minimum Gasteiger partial charge on any atom is -0.343 e. The van der Waals surface area contributed by atoms with Crippen molar-refractivity contribution in [2.75, 3.05) is 38.6 Å². The summed E-state index contributed by atoms with van der Waals surface area (Å²) in [6.45, 7) is 9.70. The van der Waals surface area contributed by atoms with Crippen LogP contribution in [0.3, 0.4) is 0 Å². The lowest BCUT2D eigenvalue weighted by atomic mass is 9.96. The number of nitrogens with zero attached hydrogens (tertiary/aromatic N) is 2. The van der Waals surface area contributed by atoms with Crippen molar-refractivity contribution in [1.29, 1.82) is 0 Å². The highest BCUT2D eigenvalue weighted by Crippen LogP contribution is 2.19. The molecule has 1 saturated heterocycles. The van der Waals surface area contributed by atoms with Gasteiger partial charge < -0.3 is 9.80 Å². The summed E-state index contributed by atoms with van der Waals surface area (Å²) in [7, 11) is 0. The van der Waals surface area contributed by atoms with Crippen LogP contribution in [0.15, 0.2) is 0 Å². The van der Waals surface area contributed by atoms with Crippen LogP contribution in [0.1, 0.15) is 33.1 Å². The molecule has 17 heavy (non-hydrogen) atoms. The molecule has 0 radical (unpaired) electrons. The van der Waals surface area contributed by atoms with Crippen LogP contribution in [0.4, 0.5) is 0 Å². The number of rotatable bonds is 6. The highest BCUT2D eigenvalue weighted by molar-refractivity contribution is 6.18. The fraction of sp³-hybridized carbons (Fsp3) is 0.923. The first kappa shape index (κ1) is 14.8. The van der Waals surface area contributed by atoms with Crippen LogP contribution >= 0.6 is 11.6 Å². The molecule has 1 amide bonds. The third-order valence-corrected chi connectivity index (χ3v) is 3.88. The minimum absolute atomic E-state index is 0.223. The maximum atomic E-state index is 11.7. The summed E-state index contributed by atoms with van der Waals surface area (Å²) in [4.78, 5) is 16.1. The third-order valence-electron chi connectivity index (χ3n) is 3.69. The first-order valence-corrected chi connectivity index (χ1v) is 7.30. The largest absolute Gasteiger partial charge is 0.343 e. The summed E-state index contributed by atoms with van der Waals surface area (Å²) in [5, 5.41) is 0. The molecule has 3 nitrogen and oxygen atoms in total. The zero-order valence-electron chi connectivity index (χ0n) is 11.1. The molecule has 1 fully saturated rings. The molecule has 0 bridgehead atoms. The van der Waals surface area contributed by atoms with Crippen molar-refractivity contribution in [2.45, 2.75) is 33.1 Å². The summed E-state index contributed by atoms with van der Waals surface area (Å²) in [6, 6.07) is 0. The molecular formula is C13H25ClN2O. The van der Waals surface area contributed by atoms with Crippen LogP contribution < -0.4 is 0 Å². The van der Waals surface area contributed by atoms with Crippen molar-refractivity contribution in [1.82, 2.24) is 9.80 Å². The van der Waals surface area contributed by atoms with E-state index in [1.165, 1.54) is 6.54 Å². The van der Waals surface area contributed by atoms with Gasteiger partial charge in [0.05, 0.1) is 0 Å². The number of hydrogen-bond acceptors (Lipinski definition) is 2. The SMILES string of the molecule is CCN(CC)CC1CCN(C(=O)CCCl)CC1. The van der Waals surface area contributed by atoms with E-state index < -0.39 is 0 Å². The number of halogens is 1. The van der Waals surface area contributed by atoms with Gasteiger partial charge in [0.15, 0.2) is 0 Å². The number of alkyl halides is 1. The summed E-state index contributed by atoms with van der Waals surface area (Å²) in [5.74, 6) is 1.43. The first-order chi connectivity index (χ1) is 8.21. The minimum atomic E-state index is 0.223. The van der Waals surface area contributed by atoms with E-state index in [-0.39, 0.29) is 5.91 Å². The lowest BCUT2D eigenvalue weighted by Crippen LogP contribution is -2.41. The van der Waals surface area contributed by atoms with Crippen LogP contribution in [-0.4, -0.2) is 54.3 Å².